The number of phosphoric acid groups is 1. The van der Waals surface area contributed by atoms with Crippen molar-refractivity contribution in [1.29, 1.82) is 0 Å². The van der Waals surface area contributed by atoms with E-state index in [4.69, 9.17) is 18.5 Å². The van der Waals surface area contributed by atoms with Crippen molar-refractivity contribution in [1.82, 2.24) is 0 Å². The number of rotatable bonds is 37. The van der Waals surface area contributed by atoms with Crippen LogP contribution in [0, 0.1) is 0 Å². The third-order valence-corrected chi connectivity index (χ3v) is 9.60. The Bertz CT molecular complexity index is 1050. The number of phosphoric ester groups is 1. The molecule has 0 heterocycles. The van der Waals surface area contributed by atoms with Gasteiger partial charge in [0.2, 0.25) is 0 Å². The number of quaternary nitrogens is 1. The van der Waals surface area contributed by atoms with Crippen LogP contribution in [0.15, 0.2) is 48.6 Å². The van der Waals surface area contributed by atoms with Crippen LogP contribution in [0.25, 0.3) is 0 Å². The lowest BCUT2D eigenvalue weighted by molar-refractivity contribution is -0.870. The topological polar surface area (TPSA) is 108 Å². The van der Waals surface area contributed by atoms with Crippen LogP contribution in [0.4, 0.5) is 0 Å². The predicted octanol–water partition coefficient (Wildman–Crippen LogP) is 11.5. The Hall–Kier alpha value is -2.03. The summed E-state index contributed by atoms with van der Waals surface area (Å²) >= 11 is 0. The Kier molecular flexibility index (Phi) is 34.3. The van der Waals surface area contributed by atoms with E-state index >= 15 is 0 Å². The summed E-state index contributed by atoms with van der Waals surface area (Å²) in [6, 6.07) is 0. The van der Waals surface area contributed by atoms with E-state index in [1.807, 2.05) is 27.2 Å². The maximum absolute atomic E-state index is 12.6. The van der Waals surface area contributed by atoms with Crippen LogP contribution < -0.4 is 0 Å². The number of likely N-dealkylation sites (N-methyl/N-ethyl adjacent to an activating group) is 1. The monoisotopic (exact) mass is 769 g/mol. The molecule has 0 saturated carbocycles. The molecule has 0 aliphatic rings. The first-order valence-corrected chi connectivity index (χ1v) is 22.4. The second-order valence-corrected chi connectivity index (χ2v) is 16.5. The van der Waals surface area contributed by atoms with Crippen LogP contribution in [0.3, 0.4) is 0 Å². The van der Waals surface area contributed by atoms with Crippen molar-refractivity contribution in [3.8, 4) is 0 Å². The molecule has 2 atom stereocenters. The molecule has 0 bridgehead atoms. The van der Waals surface area contributed by atoms with Crippen LogP contribution in [0.5, 0.6) is 0 Å². The minimum absolute atomic E-state index is 0.0211. The van der Waals surface area contributed by atoms with Crippen LogP contribution >= 0.6 is 7.82 Å². The highest BCUT2D eigenvalue weighted by molar-refractivity contribution is 7.47. The molecule has 1 N–H and O–H groups in total. The second kappa shape index (κ2) is 35.7. The van der Waals surface area contributed by atoms with Crippen LogP contribution in [-0.2, 0) is 32.7 Å². The van der Waals surface area contributed by atoms with Crippen LogP contribution in [0.2, 0.25) is 0 Å². The normalized spacial score (nSPS) is 14.2. The molecule has 10 heteroatoms. The Morgan fingerprint density at radius 3 is 1.57 bits per heavy atom. The van der Waals surface area contributed by atoms with E-state index in [2.05, 4.69) is 56.4 Å². The minimum Gasteiger partial charge on any atom is -0.462 e. The molecule has 1 unspecified atom stereocenters. The SMILES string of the molecule is CCCCC/C=C/C/C=C/C/C=C/C/C=C/CCCC(=O)O[C@H](COC(=O)CCCCCCCCCCCCCC)COP(=O)(O)OCC[N+](C)(C)C. The van der Waals surface area contributed by atoms with E-state index in [0.717, 1.165) is 38.5 Å². The quantitative estimate of drug-likeness (QED) is 0.0219. The number of hydrogen-bond donors (Lipinski definition) is 1. The number of hydrogen-bond acceptors (Lipinski definition) is 7. The zero-order valence-electron chi connectivity index (χ0n) is 34.5. The molecular formula is C43H79NO8P+. The summed E-state index contributed by atoms with van der Waals surface area (Å²) in [5.74, 6) is -0.866. The summed E-state index contributed by atoms with van der Waals surface area (Å²) in [5.41, 5.74) is 0. The van der Waals surface area contributed by atoms with Gasteiger partial charge >= 0.3 is 19.8 Å². The molecule has 0 fully saturated rings. The summed E-state index contributed by atoms with van der Waals surface area (Å²) in [5, 5.41) is 0. The molecule has 53 heavy (non-hydrogen) atoms. The lowest BCUT2D eigenvalue weighted by Gasteiger charge is -2.24. The number of nitrogens with zero attached hydrogens (tertiary/aromatic N) is 1. The minimum atomic E-state index is -4.38. The molecule has 0 amide bonds. The van der Waals surface area contributed by atoms with E-state index in [1.165, 1.54) is 83.5 Å². The van der Waals surface area contributed by atoms with Gasteiger partial charge in [0, 0.05) is 12.8 Å². The molecular weight excluding hydrogens is 689 g/mol. The molecule has 0 radical (unpaired) electrons. The van der Waals surface area contributed by atoms with Gasteiger partial charge in [-0.05, 0) is 51.4 Å². The number of allylic oxidation sites excluding steroid dienone is 8. The van der Waals surface area contributed by atoms with E-state index < -0.39 is 26.5 Å². The van der Waals surface area contributed by atoms with Crippen molar-refractivity contribution in [2.24, 2.45) is 0 Å². The summed E-state index contributed by atoms with van der Waals surface area (Å²) < 4.78 is 34.2. The number of esters is 2. The fourth-order valence-electron chi connectivity index (χ4n) is 5.30. The Labute approximate surface area is 324 Å². The highest BCUT2D eigenvalue weighted by Gasteiger charge is 2.27. The standard InChI is InChI=1S/C43H78NO8P/c1-6-8-10-12-14-16-18-20-21-22-23-24-26-28-30-32-34-36-43(46)52-41(40-51-53(47,48)50-38-37-44(3,4)5)39-49-42(45)35-33-31-29-27-25-19-17-15-13-11-9-7-2/h14,16,20-21,23-24,28,30,41H,6-13,15,17-19,22,25-27,29,31-40H2,1-5H3/p+1/b16-14+,21-20+,24-23+,30-28+/t41-/m1/s1. The molecule has 0 saturated heterocycles. The Morgan fingerprint density at radius 2 is 1.04 bits per heavy atom. The number of carbonyl (C=O) groups is 2. The molecule has 0 spiro atoms. The van der Waals surface area contributed by atoms with Crippen molar-refractivity contribution < 1.29 is 42.1 Å². The van der Waals surface area contributed by atoms with E-state index in [-0.39, 0.29) is 32.0 Å². The lowest BCUT2D eigenvalue weighted by atomic mass is 10.0. The fourth-order valence-corrected chi connectivity index (χ4v) is 6.04. The smallest absolute Gasteiger partial charge is 0.462 e. The van der Waals surface area contributed by atoms with Crippen molar-refractivity contribution >= 4 is 19.8 Å². The molecule has 0 aromatic rings. The number of unbranched alkanes of at least 4 members (excludes halogenated alkanes) is 15. The molecule has 0 aromatic heterocycles. The second-order valence-electron chi connectivity index (χ2n) is 15.0. The zero-order valence-corrected chi connectivity index (χ0v) is 35.4. The van der Waals surface area contributed by atoms with Crippen molar-refractivity contribution in [2.75, 3.05) is 47.5 Å². The molecule has 0 rings (SSSR count). The van der Waals surface area contributed by atoms with Gasteiger partial charge in [0.15, 0.2) is 6.10 Å². The maximum atomic E-state index is 12.6. The van der Waals surface area contributed by atoms with Gasteiger partial charge in [0.05, 0.1) is 27.7 Å². The zero-order chi connectivity index (χ0) is 39.3. The highest BCUT2D eigenvalue weighted by atomic mass is 31.2. The molecule has 0 aromatic carbocycles. The van der Waals surface area contributed by atoms with E-state index in [9.17, 15) is 19.0 Å². The van der Waals surface area contributed by atoms with Gasteiger partial charge in [-0.2, -0.15) is 0 Å². The third-order valence-electron chi connectivity index (χ3n) is 8.61. The van der Waals surface area contributed by atoms with Gasteiger partial charge in [-0.15, -0.1) is 0 Å². The van der Waals surface area contributed by atoms with Crippen molar-refractivity contribution in [3.63, 3.8) is 0 Å². The molecule has 0 aliphatic heterocycles. The first-order valence-electron chi connectivity index (χ1n) is 20.9. The first kappa shape index (κ1) is 51.0. The first-order chi connectivity index (χ1) is 25.5. The van der Waals surface area contributed by atoms with Gasteiger partial charge in [0.25, 0.3) is 0 Å². The molecule has 0 aliphatic carbocycles. The predicted molar refractivity (Wildman–Crippen MR) is 220 cm³/mol. The van der Waals surface area contributed by atoms with Crippen LogP contribution in [-0.4, -0.2) is 74.9 Å². The number of ether oxygens (including phenoxy) is 2. The Balaban J connectivity index is 4.50. The summed E-state index contributed by atoms with van der Waals surface area (Å²) in [6.07, 6.45) is 40.2. The summed E-state index contributed by atoms with van der Waals surface area (Å²) in [4.78, 5) is 35.2. The van der Waals surface area contributed by atoms with Gasteiger partial charge < -0.3 is 18.9 Å². The van der Waals surface area contributed by atoms with Gasteiger partial charge in [-0.25, -0.2) is 4.57 Å². The van der Waals surface area contributed by atoms with Crippen molar-refractivity contribution in [3.05, 3.63) is 48.6 Å². The average Bonchev–Trinajstić information content (AvgIpc) is 3.10. The number of carbonyl (C=O) groups excluding carboxylic acids is 2. The van der Waals surface area contributed by atoms with E-state index in [1.54, 1.807) is 0 Å². The van der Waals surface area contributed by atoms with Gasteiger partial charge in [0.1, 0.15) is 19.8 Å². The summed E-state index contributed by atoms with van der Waals surface area (Å²) in [6.45, 7) is 4.31. The van der Waals surface area contributed by atoms with Crippen LogP contribution in [0.1, 0.15) is 162 Å². The lowest BCUT2D eigenvalue weighted by Crippen LogP contribution is -2.37. The van der Waals surface area contributed by atoms with E-state index in [0.29, 0.717) is 23.9 Å². The highest BCUT2D eigenvalue weighted by Crippen LogP contribution is 2.43. The third kappa shape index (κ3) is 39.5. The van der Waals surface area contributed by atoms with Gasteiger partial charge in [-0.1, -0.05) is 146 Å². The summed E-state index contributed by atoms with van der Waals surface area (Å²) in [7, 11) is 1.44. The fraction of sp³-hybridized carbons (Fsp3) is 0.767. The maximum Gasteiger partial charge on any atom is 0.472 e. The molecule has 9 nitrogen and oxygen atoms in total. The van der Waals surface area contributed by atoms with Crippen molar-refractivity contribution in [2.45, 2.75) is 168 Å². The Morgan fingerprint density at radius 1 is 0.585 bits per heavy atom. The average molecular weight is 769 g/mol. The van der Waals surface area contributed by atoms with Gasteiger partial charge in [-0.3, -0.25) is 18.6 Å². The largest absolute Gasteiger partial charge is 0.472 e. The molecule has 308 valence electrons.